The summed E-state index contributed by atoms with van der Waals surface area (Å²) in [7, 11) is 2.14. The van der Waals surface area contributed by atoms with E-state index < -0.39 is 0 Å². The van der Waals surface area contributed by atoms with Gasteiger partial charge in [-0.05, 0) is 12.6 Å². The predicted molar refractivity (Wildman–Crippen MR) is 82.5 cm³/mol. The fourth-order valence-corrected chi connectivity index (χ4v) is 2.30. The fourth-order valence-electron chi connectivity index (χ4n) is 2.30. The number of piperazine rings is 1. The van der Waals surface area contributed by atoms with Crippen LogP contribution in [0.2, 0.25) is 0 Å². The number of benzene rings is 1. The minimum absolute atomic E-state index is 0.528. The standard InChI is InChI=1S/C16H20N4O/c1-19-9-11-20(12-10-19)16-17-8-7-15(18-16)21-13-14-5-3-2-4-6-14/h2-8H,9-13H2,1H3. The zero-order valence-electron chi connectivity index (χ0n) is 12.3. The van der Waals surface area contributed by atoms with Gasteiger partial charge in [-0.25, -0.2) is 4.98 Å². The van der Waals surface area contributed by atoms with Crippen molar-refractivity contribution in [1.29, 1.82) is 0 Å². The number of nitrogens with zero attached hydrogens (tertiary/aromatic N) is 4. The van der Waals surface area contributed by atoms with Crippen LogP contribution in [0.3, 0.4) is 0 Å². The Morgan fingerprint density at radius 3 is 2.57 bits per heavy atom. The molecule has 1 aliphatic heterocycles. The van der Waals surface area contributed by atoms with Gasteiger partial charge in [0.2, 0.25) is 11.8 Å². The van der Waals surface area contributed by atoms with Gasteiger partial charge >= 0.3 is 0 Å². The molecule has 0 bridgehead atoms. The van der Waals surface area contributed by atoms with Gasteiger partial charge in [0.15, 0.2) is 0 Å². The highest BCUT2D eigenvalue weighted by Crippen LogP contribution is 2.15. The lowest BCUT2D eigenvalue weighted by Gasteiger charge is -2.32. The molecule has 0 saturated carbocycles. The molecule has 5 heteroatoms. The van der Waals surface area contributed by atoms with Crippen molar-refractivity contribution in [3.8, 4) is 5.88 Å². The smallest absolute Gasteiger partial charge is 0.228 e. The van der Waals surface area contributed by atoms with E-state index in [1.165, 1.54) is 0 Å². The highest BCUT2D eigenvalue weighted by atomic mass is 16.5. The Hall–Kier alpha value is -2.14. The summed E-state index contributed by atoms with van der Waals surface area (Å²) >= 11 is 0. The highest BCUT2D eigenvalue weighted by molar-refractivity contribution is 5.32. The van der Waals surface area contributed by atoms with Crippen molar-refractivity contribution < 1.29 is 4.74 Å². The monoisotopic (exact) mass is 284 g/mol. The van der Waals surface area contributed by atoms with E-state index in [0.29, 0.717) is 12.5 Å². The third-order valence-electron chi connectivity index (χ3n) is 3.63. The first-order chi connectivity index (χ1) is 10.3. The molecule has 0 spiro atoms. The van der Waals surface area contributed by atoms with Gasteiger partial charge in [0.25, 0.3) is 0 Å². The van der Waals surface area contributed by atoms with Crippen LogP contribution in [0.25, 0.3) is 0 Å². The van der Waals surface area contributed by atoms with Crippen molar-refractivity contribution in [3.05, 3.63) is 48.2 Å². The molecule has 0 N–H and O–H groups in total. The molecule has 0 radical (unpaired) electrons. The Morgan fingerprint density at radius 2 is 1.81 bits per heavy atom. The van der Waals surface area contributed by atoms with Gasteiger partial charge in [0.1, 0.15) is 6.61 Å². The molecule has 110 valence electrons. The summed E-state index contributed by atoms with van der Waals surface area (Å²) in [5.74, 6) is 1.39. The number of hydrogen-bond acceptors (Lipinski definition) is 5. The summed E-state index contributed by atoms with van der Waals surface area (Å²) in [5.41, 5.74) is 1.14. The van der Waals surface area contributed by atoms with Crippen LogP contribution in [0, 0.1) is 0 Å². The van der Waals surface area contributed by atoms with Crippen molar-refractivity contribution >= 4 is 5.95 Å². The van der Waals surface area contributed by atoms with Gasteiger partial charge in [-0.3, -0.25) is 0 Å². The summed E-state index contributed by atoms with van der Waals surface area (Å²) in [6.45, 7) is 4.52. The first-order valence-electron chi connectivity index (χ1n) is 7.24. The Morgan fingerprint density at radius 1 is 1.05 bits per heavy atom. The SMILES string of the molecule is CN1CCN(c2nccc(OCc3ccccc3)n2)CC1. The molecule has 2 aromatic rings. The molecule has 0 unspecified atom stereocenters. The first kappa shape index (κ1) is 13.8. The Labute approximate surface area is 125 Å². The van der Waals surface area contributed by atoms with Crippen LogP contribution in [0.15, 0.2) is 42.6 Å². The van der Waals surface area contributed by atoms with E-state index in [2.05, 4.69) is 26.8 Å². The lowest BCUT2D eigenvalue weighted by molar-refractivity contribution is 0.290. The molecule has 0 amide bonds. The summed E-state index contributed by atoms with van der Waals surface area (Å²) in [6.07, 6.45) is 1.76. The van der Waals surface area contributed by atoms with Gasteiger partial charge in [0.05, 0.1) is 0 Å². The van der Waals surface area contributed by atoms with E-state index in [1.54, 1.807) is 6.20 Å². The molecule has 2 heterocycles. The van der Waals surface area contributed by atoms with Crippen molar-refractivity contribution in [2.45, 2.75) is 6.61 Å². The van der Waals surface area contributed by atoms with E-state index >= 15 is 0 Å². The van der Waals surface area contributed by atoms with Crippen LogP contribution in [0.4, 0.5) is 5.95 Å². The minimum atomic E-state index is 0.528. The van der Waals surface area contributed by atoms with Gasteiger partial charge in [-0.1, -0.05) is 30.3 Å². The third kappa shape index (κ3) is 3.70. The Kier molecular flexibility index (Phi) is 4.31. The molecular weight excluding hydrogens is 264 g/mol. The lowest BCUT2D eigenvalue weighted by atomic mass is 10.2. The molecule has 1 fully saturated rings. The van der Waals surface area contributed by atoms with E-state index in [0.717, 1.165) is 37.7 Å². The van der Waals surface area contributed by atoms with Crippen LogP contribution in [-0.4, -0.2) is 48.1 Å². The predicted octanol–water partition coefficient (Wildman–Crippen LogP) is 1.81. The molecule has 1 aromatic heterocycles. The minimum Gasteiger partial charge on any atom is -0.473 e. The summed E-state index contributed by atoms with van der Waals surface area (Å²) in [4.78, 5) is 13.4. The van der Waals surface area contributed by atoms with Gasteiger partial charge in [0, 0.05) is 38.4 Å². The second-order valence-corrected chi connectivity index (χ2v) is 5.26. The van der Waals surface area contributed by atoms with Gasteiger partial charge in [-0.2, -0.15) is 4.98 Å². The zero-order chi connectivity index (χ0) is 14.5. The summed E-state index contributed by atoms with van der Waals surface area (Å²) in [6, 6.07) is 11.9. The van der Waals surface area contributed by atoms with E-state index in [9.17, 15) is 0 Å². The largest absolute Gasteiger partial charge is 0.473 e. The van der Waals surface area contributed by atoms with Crippen molar-refractivity contribution in [1.82, 2.24) is 14.9 Å². The summed E-state index contributed by atoms with van der Waals surface area (Å²) in [5, 5.41) is 0. The topological polar surface area (TPSA) is 41.5 Å². The third-order valence-corrected chi connectivity index (χ3v) is 3.63. The van der Waals surface area contributed by atoms with Crippen molar-refractivity contribution in [3.63, 3.8) is 0 Å². The number of anilines is 1. The second kappa shape index (κ2) is 6.54. The van der Waals surface area contributed by atoms with Crippen LogP contribution < -0.4 is 9.64 Å². The fraction of sp³-hybridized carbons (Fsp3) is 0.375. The van der Waals surface area contributed by atoms with Crippen LogP contribution in [0.1, 0.15) is 5.56 Å². The molecule has 0 aliphatic carbocycles. The zero-order valence-corrected chi connectivity index (χ0v) is 12.3. The molecule has 1 aromatic carbocycles. The number of likely N-dealkylation sites (N-methyl/N-ethyl adjacent to an activating group) is 1. The van der Waals surface area contributed by atoms with Crippen LogP contribution in [-0.2, 0) is 6.61 Å². The normalized spacial score (nSPS) is 16.0. The number of aromatic nitrogens is 2. The molecule has 21 heavy (non-hydrogen) atoms. The Balaban J connectivity index is 1.63. The quantitative estimate of drug-likeness (QED) is 0.856. The maximum atomic E-state index is 5.76. The number of rotatable bonds is 4. The van der Waals surface area contributed by atoms with Gasteiger partial charge < -0.3 is 14.5 Å². The molecule has 1 saturated heterocycles. The molecular formula is C16H20N4O. The van der Waals surface area contributed by atoms with Crippen molar-refractivity contribution in [2.24, 2.45) is 0 Å². The first-order valence-corrected chi connectivity index (χ1v) is 7.24. The molecule has 3 rings (SSSR count). The molecule has 5 nitrogen and oxygen atoms in total. The van der Waals surface area contributed by atoms with E-state index in [4.69, 9.17) is 4.74 Å². The van der Waals surface area contributed by atoms with Crippen molar-refractivity contribution in [2.75, 3.05) is 38.1 Å². The van der Waals surface area contributed by atoms with Gasteiger partial charge in [-0.15, -0.1) is 0 Å². The number of hydrogen-bond donors (Lipinski definition) is 0. The average molecular weight is 284 g/mol. The van der Waals surface area contributed by atoms with E-state index in [-0.39, 0.29) is 0 Å². The molecule has 1 aliphatic rings. The summed E-state index contributed by atoms with van der Waals surface area (Å²) < 4.78 is 5.76. The number of ether oxygens (including phenoxy) is 1. The maximum Gasteiger partial charge on any atom is 0.228 e. The van der Waals surface area contributed by atoms with Crippen LogP contribution in [0.5, 0.6) is 5.88 Å². The maximum absolute atomic E-state index is 5.76. The van der Waals surface area contributed by atoms with Crippen LogP contribution >= 0.6 is 0 Å². The second-order valence-electron chi connectivity index (χ2n) is 5.26. The highest BCUT2D eigenvalue weighted by Gasteiger charge is 2.16. The molecule has 0 atom stereocenters. The van der Waals surface area contributed by atoms with E-state index in [1.807, 2.05) is 36.4 Å². The average Bonchev–Trinajstić information content (AvgIpc) is 2.55. The lowest BCUT2D eigenvalue weighted by Crippen LogP contribution is -2.45. The Bertz CT molecular complexity index is 567.